The second-order valence-corrected chi connectivity index (χ2v) is 4.65. The highest BCUT2D eigenvalue weighted by Gasteiger charge is 2.21. The summed E-state index contributed by atoms with van der Waals surface area (Å²) in [6, 6.07) is 6.46. The lowest BCUT2D eigenvalue weighted by molar-refractivity contribution is -0.385. The van der Waals surface area contributed by atoms with Crippen molar-refractivity contribution in [1.29, 1.82) is 0 Å². The van der Waals surface area contributed by atoms with Crippen LogP contribution in [-0.2, 0) is 11.3 Å². The maximum atomic E-state index is 11.9. The number of para-hydroxylation sites is 1. The summed E-state index contributed by atoms with van der Waals surface area (Å²) >= 11 is 0. The predicted octanol–water partition coefficient (Wildman–Crippen LogP) is 1.21. The maximum Gasteiger partial charge on any atom is 0.274 e. The van der Waals surface area contributed by atoms with Gasteiger partial charge in [0.05, 0.1) is 10.8 Å². The van der Waals surface area contributed by atoms with E-state index >= 15 is 0 Å². The van der Waals surface area contributed by atoms with Gasteiger partial charge in [0.15, 0.2) is 0 Å². The van der Waals surface area contributed by atoms with Gasteiger partial charge in [-0.15, -0.1) is 0 Å². The Morgan fingerprint density at radius 3 is 2.95 bits per heavy atom. The van der Waals surface area contributed by atoms with E-state index in [2.05, 4.69) is 10.6 Å². The summed E-state index contributed by atoms with van der Waals surface area (Å²) < 4.78 is 0. The van der Waals surface area contributed by atoms with Crippen LogP contribution in [-0.4, -0.2) is 23.9 Å². The van der Waals surface area contributed by atoms with E-state index in [0.29, 0.717) is 12.1 Å². The molecule has 1 aliphatic rings. The van der Waals surface area contributed by atoms with Gasteiger partial charge < -0.3 is 10.6 Å². The number of nitrogens with one attached hydrogen (secondary N) is 2. The molecule has 1 atom stereocenters. The van der Waals surface area contributed by atoms with Gasteiger partial charge in [-0.3, -0.25) is 14.9 Å². The van der Waals surface area contributed by atoms with Gasteiger partial charge in [0.2, 0.25) is 5.91 Å². The summed E-state index contributed by atoms with van der Waals surface area (Å²) in [5.74, 6) is -0.0677. The van der Waals surface area contributed by atoms with Gasteiger partial charge in [-0.05, 0) is 19.4 Å². The molecule has 1 amide bonds. The van der Waals surface area contributed by atoms with Crippen molar-refractivity contribution < 1.29 is 9.72 Å². The number of carbonyl (C=O) groups excluding carboxylic acids is 1. The second-order valence-electron chi connectivity index (χ2n) is 4.65. The number of carbonyl (C=O) groups is 1. The smallest absolute Gasteiger partial charge is 0.274 e. The zero-order valence-corrected chi connectivity index (χ0v) is 10.6. The van der Waals surface area contributed by atoms with Crippen molar-refractivity contribution in [3.05, 3.63) is 39.9 Å². The molecular weight excluding hydrogens is 246 g/mol. The first kappa shape index (κ1) is 13.5. The topological polar surface area (TPSA) is 84.3 Å². The number of amides is 1. The quantitative estimate of drug-likeness (QED) is 0.631. The number of benzene rings is 1. The molecular formula is C13H17N3O3. The fraction of sp³-hybridized carbons (Fsp3) is 0.462. The molecule has 0 radical (unpaired) electrons. The molecule has 2 rings (SSSR count). The van der Waals surface area contributed by atoms with Gasteiger partial charge in [-0.1, -0.05) is 18.2 Å². The van der Waals surface area contributed by atoms with Gasteiger partial charge in [0.1, 0.15) is 0 Å². The molecule has 0 aromatic heterocycles. The Hall–Kier alpha value is -1.95. The molecule has 1 aromatic rings. The Morgan fingerprint density at radius 2 is 2.26 bits per heavy atom. The second kappa shape index (κ2) is 6.29. The Labute approximate surface area is 111 Å². The number of piperidine rings is 1. The summed E-state index contributed by atoms with van der Waals surface area (Å²) in [6.07, 6.45) is 1.86. The van der Waals surface area contributed by atoms with E-state index in [4.69, 9.17) is 0 Å². The largest absolute Gasteiger partial charge is 0.351 e. The van der Waals surface area contributed by atoms with Gasteiger partial charge in [0, 0.05) is 24.7 Å². The van der Waals surface area contributed by atoms with Crippen LogP contribution >= 0.6 is 0 Å². The number of nitrogens with zero attached hydrogens (tertiary/aromatic N) is 1. The van der Waals surface area contributed by atoms with Gasteiger partial charge >= 0.3 is 0 Å². The minimum atomic E-state index is -0.427. The summed E-state index contributed by atoms with van der Waals surface area (Å²) in [4.78, 5) is 22.4. The average Bonchev–Trinajstić information content (AvgIpc) is 2.46. The van der Waals surface area contributed by atoms with Crippen LogP contribution in [0.4, 0.5) is 5.69 Å². The van der Waals surface area contributed by atoms with Crippen molar-refractivity contribution in [3.63, 3.8) is 0 Å². The minimum Gasteiger partial charge on any atom is -0.351 e. The van der Waals surface area contributed by atoms with Gasteiger partial charge in [-0.2, -0.15) is 0 Å². The first-order valence-electron chi connectivity index (χ1n) is 6.39. The van der Waals surface area contributed by atoms with E-state index in [9.17, 15) is 14.9 Å². The third kappa shape index (κ3) is 3.51. The van der Waals surface area contributed by atoms with Crippen LogP contribution in [0.2, 0.25) is 0 Å². The van der Waals surface area contributed by atoms with Crippen molar-refractivity contribution >= 4 is 11.6 Å². The highest BCUT2D eigenvalue weighted by molar-refractivity contribution is 5.79. The molecule has 19 heavy (non-hydrogen) atoms. The summed E-state index contributed by atoms with van der Waals surface area (Å²) in [5.41, 5.74) is 0.578. The molecule has 1 saturated heterocycles. The van der Waals surface area contributed by atoms with Crippen molar-refractivity contribution in [2.24, 2.45) is 5.92 Å². The minimum absolute atomic E-state index is 0.0310. The van der Waals surface area contributed by atoms with E-state index < -0.39 is 4.92 Å². The van der Waals surface area contributed by atoms with Gasteiger partial charge in [-0.25, -0.2) is 0 Å². The Kier molecular flexibility index (Phi) is 4.46. The molecule has 1 fully saturated rings. The molecule has 1 aromatic carbocycles. The lowest BCUT2D eigenvalue weighted by atomic mass is 9.99. The first-order chi connectivity index (χ1) is 9.18. The molecule has 2 N–H and O–H groups in total. The van der Waals surface area contributed by atoms with Crippen molar-refractivity contribution in [2.75, 3.05) is 13.1 Å². The number of rotatable bonds is 4. The zero-order chi connectivity index (χ0) is 13.7. The third-order valence-electron chi connectivity index (χ3n) is 3.31. The molecule has 1 heterocycles. The van der Waals surface area contributed by atoms with E-state index in [0.717, 1.165) is 19.4 Å². The average molecular weight is 263 g/mol. The third-order valence-corrected chi connectivity index (χ3v) is 3.31. The van der Waals surface area contributed by atoms with E-state index in [1.54, 1.807) is 18.2 Å². The monoisotopic (exact) mass is 263 g/mol. The van der Waals surface area contributed by atoms with Crippen LogP contribution in [0, 0.1) is 16.0 Å². The van der Waals surface area contributed by atoms with Crippen LogP contribution in [0.25, 0.3) is 0 Å². The normalized spacial score (nSPS) is 18.8. The molecule has 1 aliphatic heterocycles. The Bertz CT molecular complexity index is 470. The molecule has 0 saturated carbocycles. The highest BCUT2D eigenvalue weighted by atomic mass is 16.6. The number of hydrogen-bond donors (Lipinski definition) is 2. The lowest BCUT2D eigenvalue weighted by Gasteiger charge is -2.21. The van der Waals surface area contributed by atoms with Crippen LogP contribution in [0.5, 0.6) is 0 Å². The SMILES string of the molecule is O=C(NCc1ccccc1[N+](=O)[O-])[C@@H]1CCCNC1. The highest BCUT2D eigenvalue weighted by Crippen LogP contribution is 2.17. The van der Waals surface area contributed by atoms with Crippen LogP contribution in [0.3, 0.4) is 0 Å². The Balaban J connectivity index is 1.94. The van der Waals surface area contributed by atoms with Gasteiger partial charge in [0.25, 0.3) is 5.69 Å². The fourth-order valence-corrected chi connectivity index (χ4v) is 2.24. The number of nitro benzene ring substituents is 1. The first-order valence-corrected chi connectivity index (χ1v) is 6.39. The predicted molar refractivity (Wildman–Crippen MR) is 70.5 cm³/mol. The van der Waals surface area contributed by atoms with Crippen molar-refractivity contribution in [1.82, 2.24) is 10.6 Å². The summed E-state index contributed by atoms with van der Waals surface area (Å²) in [6.45, 7) is 1.84. The number of nitro groups is 1. The summed E-state index contributed by atoms with van der Waals surface area (Å²) in [7, 11) is 0. The maximum absolute atomic E-state index is 11.9. The van der Waals surface area contributed by atoms with Crippen LogP contribution < -0.4 is 10.6 Å². The van der Waals surface area contributed by atoms with E-state index in [1.807, 2.05) is 0 Å². The van der Waals surface area contributed by atoms with E-state index in [1.165, 1.54) is 6.07 Å². The lowest BCUT2D eigenvalue weighted by Crippen LogP contribution is -2.40. The molecule has 0 spiro atoms. The van der Waals surface area contributed by atoms with Crippen molar-refractivity contribution in [3.8, 4) is 0 Å². The molecule has 0 bridgehead atoms. The standard InChI is InChI=1S/C13H17N3O3/c17-13(11-5-3-7-14-8-11)15-9-10-4-1-2-6-12(10)16(18)19/h1-2,4,6,11,14H,3,5,7-9H2,(H,15,17)/t11-/m1/s1. The van der Waals surface area contributed by atoms with Crippen LogP contribution in [0.1, 0.15) is 18.4 Å². The summed E-state index contributed by atoms with van der Waals surface area (Å²) in [5, 5.41) is 16.8. The van der Waals surface area contributed by atoms with Crippen LogP contribution in [0.15, 0.2) is 24.3 Å². The van der Waals surface area contributed by atoms with Crippen molar-refractivity contribution in [2.45, 2.75) is 19.4 Å². The molecule has 102 valence electrons. The molecule has 0 unspecified atom stereocenters. The Morgan fingerprint density at radius 1 is 1.47 bits per heavy atom. The van der Waals surface area contributed by atoms with E-state index in [-0.39, 0.29) is 24.1 Å². The molecule has 0 aliphatic carbocycles. The fourth-order valence-electron chi connectivity index (χ4n) is 2.24. The molecule has 6 nitrogen and oxygen atoms in total. The number of hydrogen-bond acceptors (Lipinski definition) is 4. The zero-order valence-electron chi connectivity index (χ0n) is 10.6. The molecule has 6 heteroatoms.